The number of aromatic nitrogens is 4. The van der Waals surface area contributed by atoms with Gasteiger partial charge in [0.25, 0.3) is 0 Å². The Kier molecular flexibility index (Phi) is 7.12. The predicted octanol–water partition coefficient (Wildman–Crippen LogP) is 3.11. The zero-order valence-corrected chi connectivity index (χ0v) is 23.1. The zero-order chi connectivity index (χ0) is 26.5. The number of hydrogen-bond acceptors (Lipinski definition) is 11. The third-order valence-corrected chi connectivity index (χ3v) is 9.30. The van der Waals surface area contributed by atoms with Crippen LogP contribution in [0.25, 0.3) is 20.8 Å². The molecule has 0 aliphatic heterocycles. The van der Waals surface area contributed by atoms with Crippen molar-refractivity contribution in [1.29, 1.82) is 0 Å². The molecule has 37 heavy (non-hydrogen) atoms. The fourth-order valence-corrected chi connectivity index (χ4v) is 7.13. The molecule has 2 fully saturated rings. The van der Waals surface area contributed by atoms with Crippen molar-refractivity contribution in [2.75, 3.05) is 22.6 Å². The van der Waals surface area contributed by atoms with E-state index in [0.717, 1.165) is 57.7 Å². The second-order valence-corrected chi connectivity index (χ2v) is 13.7. The monoisotopic (exact) mass is 546 g/mol. The van der Waals surface area contributed by atoms with Crippen molar-refractivity contribution in [2.45, 2.75) is 76.7 Å². The van der Waals surface area contributed by atoms with Crippen LogP contribution in [0.5, 0.6) is 0 Å². The van der Waals surface area contributed by atoms with Gasteiger partial charge in [0.05, 0.1) is 39.5 Å². The summed E-state index contributed by atoms with van der Waals surface area (Å²) >= 11 is 1.55. The molecule has 2 aliphatic rings. The molecule has 2 saturated carbocycles. The normalized spacial score (nSPS) is 24.9. The number of nitrogens with zero attached hydrogens (tertiary/aromatic N) is 4. The molecule has 0 bridgehead atoms. The lowest BCUT2D eigenvalue weighted by atomic mass is 10.1. The molecule has 0 unspecified atom stereocenters. The maximum Gasteiger partial charge on any atom is 0.225 e. The number of thiazole rings is 1. The first kappa shape index (κ1) is 26.2. The van der Waals surface area contributed by atoms with Crippen LogP contribution in [0.3, 0.4) is 0 Å². The number of rotatable bonds is 9. The molecule has 12 heteroatoms. The van der Waals surface area contributed by atoms with E-state index in [2.05, 4.69) is 22.5 Å². The van der Waals surface area contributed by atoms with Gasteiger partial charge in [-0.1, -0.05) is 6.92 Å². The van der Waals surface area contributed by atoms with Crippen LogP contribution in [-0.2, 0) is 9.84 Å². The lowest BCUT2D eigenvalue weighted by molar-refractivity contribution is 0.0216. The molecule has 5 atom stereocenters. The second-order valence-electron chi connectivity index (χ2n) is 10.5. The third kappa shape index (κ3) is 5.57. The quantitative estimate of drug-likeness (QED) is 0.315. The molecule has 10 nitrogen and oxygen atoms in total. The van der Waals surface area contributed by atoms with E-state index in [1.165, 1.54) is 0 Å². The first-order valence-electron chi connectivity index (χ1n) is 12.8. The molecule has 0 radical (unpaired) electrons. The summed E-state index contributed by atoms with van der Waals surface area (Å²) in [7, 11) is -3.31. The number of sulfone groups is 1. The van der Waals surface area contributed by atoms with Crippen LogP contribution in [-0.4, -0.2) is 74.9 Å². The molecule has 0 amide bonds. The Bertz CT molecular complexity index is 1410. The van der Waals surface area contributed by atoms with Crippen molar-refractivity contribution in [3.05, 3.63) is 23.7 Å². The molecule has 0 spiro atoms. The highest BCUT2D eigenvalue weighted by Gasteiger charge is 2.43. The van der Waals surface area contributed by atoms with Crippen LogP contribution in [0.2, 0.25) is 0 Å². The Labute approximate surface area is 220 Å². The summed E-state index contributed by atoms with van der Waals surface area (Å²) in [5.41, 5.74) is 3.39. The highest BCUT2D eigenvalue weighted by atomic mass is 32.2. The molecule has 2 aliphatic carbocycles. The van der Waals surface area contributed by atoms with E-state index in [-0.39, 0.29) is 11.8 Å². The van der Waals surface area contributed by atoms with Crippen LogP contribution < -0.4 is 10.6 Å². The van der Waals surface area contributed by atoms with Gasteiger partial charge in [0, 0.05) is 30.3 Å². The van der Waals surface area contributed by atoms with Crippen LogP contribution >= 0.6 is 11.3 Å². The van der Waals surface area contributed by atoms with Crippen molar-refractivity contribution in [3.63, 3.8) is 0 Å². The Morgan fingerprint density at radius 3 is 2.62 bits per heavy atom. The summed E-state index contributed by atoms with van der Waals surface area (Å²) in [6.07, 6.45) is 4.12. The average Bonchev–Trinajstić information content (AvgIpc) is 3.53. The minimum absolute atomic E-state index is 0.158. The van der Waals surface area contributed by atoms with Gasteiger partial charge in [0.15, 0.2) is 0 Å². The fraction of sp³-hybridized carbons (Fsp3) is 0.600. The number of nitrogens with one attached hydrogen (secondary N) is 2. The van der Waals surface area contributed by atoms with E-state index in [0.29, 0.717) is 24.1 Å². The fourth-order valence-electron chi connectivity index (χ4n) is 4.95. The molecule has 0 saturated heterocycles. The molecule has 5 rings (SSSR count). The average molecular weight is 547 g/mol. The SMILES string of the molecule is CC[C@@H](C)Nc1nc(C)c(-c2nc3c(C4CC4)nccc3s2)c(N[C@@H]2C[C@H](CS(C)(=O)=O)[C@@H](O)[C@H]2O)n1. The summed E-state index contributed by atoms with van der Waals surface area (Å²) in [5, 5.41) is 28.8. The van der Waals surface area contributed by atoms with Crippen LogP contribution in [0, 0.1) is 12.8 Å². The van der Waals surface area contributed by atoms with Crippen molar-refractivity contribution >= 4 is 43.2 Å². The summed E-state index contributed by atoms with van der Waals surface area (Å²) in [6.45, 7) is 6.03. The number of pyridine rings is 1. The van der Waals surface area contributed by atoms with Gasteiger partial charge < -0.3 is 20.8 Å². The zero-order valence-electron chi connectivity index (χ0n) is 21.5. The molecular formula is C25H34N6O4S2. The van der Waals surface area contributed by atoms with E-state index in [4.69, 9.17) is 15.0 Å². The maximum atomic E-state index is 11.9. The number of aliphatic hydroxyl groups excluding tert-OH is 2. The lowest BCUT2D eigenvalue weighted by Gasteiger charge is -2.22. The van der Waals surface area contributed by atoms with Gasteiger partial charge in [-0.25, -0.2) is 18.4 Å². The molecule has 0 aromatic carbocycles. The maximum absolute atomic E-state index is 11.9. The van der Waals surface area contributed by atoms with Gasteiger partial charge in [-0.2, -0.15) is 4.98 Å². The smallest absolute Gasteiger partial charge is 0.225 e. The van der Waals surface area contributed by atoms with E-state index >= 15 is 0 Å². The number of aryl methyl sites for hydroxylation is 1. The van der Waals surface area contributed by atoms with Crippen LogP contribution in [0.15, 0.2) is 12.3 Å². The molecule has 3 heterocycles. The highest BCUT2D eigenvalue weighted by Crippen LogP contribution is 2.44. The largest absolute Gasteiger partial charge is 0.390 e. The topological polar surface area (TPSA) is 150 Å². The Balaban J connectivity index is 1.54. The highest BCUT2D eigenvalue weighted by molar-refractivity contribution is 7.90. The van der Waals surface area contributed by atoms with E-state index in [9.17, 15) is 18.6 Å². The second kappa shape index (κ2) is 10.0. The van der Waals surface area contributed by atoms with Gasteiger partial charge in [0.1, 0.15) is 32.3 Å². The van der Waals surface area contributed by atoms with E-state index in [1.54, 1.807) is 11.3 Å². The van der Waals surface area contributed by atoms with Gasteiger partial charge >= 0.3 is 0 Å². The van der Waals surface area contributed by atoms with Crippen LogP contribution in [0.1, 0.15) is 56.8 Å². The lowest BCUT2D eigenvalue weighted by Crippen LogP contribution is -2.36. The molecule has 4 N–H and O–H groups in total. The van der Waals surface area contributed by atoms with E-state index in [1.807, 2.05) is 26.1 Å². The number of aliphatic hydroxyl groups is 2. The Morgan fingerprint density at radius 1 is 1.19 bits per heavy atom. The molecule has 3 aromatic rings. The van der Waals surface area contributed by atoms with E-state index < -0.39 is 34.0 Å². The molecular weight excluding hydrogens is 512 g/mol. The first-order chi connectivity index (χ1) is 17.5. The van der Waals surface area contributed by atoms with Gasteiger partial charge in [-0.05, 0) is 45.6 Å². The summed E-state index contributed by atoms with van der Waals surface area (Å²) in [5.74, 6) is 0.656. The van der Waals surface area contributed by atoms with Crippen molar-refractivity contribution in [1.82, 2.24) is 19.9 Å². The van der Waals surface area contributed by atoms with Crippen molar-refractivity contribution in [2.24, 2.45) is 5.92 Å². The summed E-state index contributed by atoms with van der Waals surface area (Å²) in [4.78, 5) is 19.0. The number of anilines is 2. The first-order valence-corrected chi connectivity index (χ1v) is 15.6. The predicted molar refractivity (Wildman–Crippen MR) is 146 cm³/mol. The van der Waals surface area contributed by atoms with Gasteiger partial charge in [0.2, 0.25) is 5.95 Å². The third-order valence-electron chi connectivity index (χ3n) is 7.23. The van der Waals surface area contributed by atoms with Gasteiger partial charge in [-0.3, -0.25) is 4.98 Å². The number of hydrogen-bond donors (Lipinski definition) is 4. The Morgan fingerprint density at radius 2 is 1.95 bits per heavy atom. The number of fused-ring (bicyclic) bond motifs is 1. The summed E-state index contributed by atoms with van der Waals surface area (Å²) in [6, 6.07) is 1.55. The van der Waals surface area contributed by atoms with Crippen molar-refractivity contribution < 1.29 is 18.6 Å². The Hall–Kier alpha value is -2.41. The van der Waals surface area contributed by atoms with Crippen LogP contribution in [0.4, 0.5) is 11.8 Å². The standard InChI is InChI=1S/C25H34N6O4S2/c1-5-12(2)27-25-28-13(3)18(24-30-20-17(36-24)8-9-26-19(20)14-6-7-14)23(31-25)29-16-10-15(11-37(4,34)35)21(32)22(16)33/h8-9,12,14-16,21-22,32-33H,5-7,10-11H2,1-4H3,(H2,27,28,29,31)/t12-,15-,16-,21-,22+/m1/s1. The van der Waals surface area contributed by atoms with Gasteiger partial charge in [-0.15, -0.1) is 11.3 Å². The molecule has 200 valence electrons. The molecule has 3 aromatic heterocycles. The minimum atomic E-state index is -3.31. The summed E-state index contributed by atoms with van der Waals surface area (Å²) < 4.78 is 24.8. The van der Waals surface area contributed by atoms with Crippen molar-refractivity contribution in [3.8, 4) is 10.6 Å². The minimum Gasteiger partial charge on any atom is -0.390 e.